The second-order valence-electron chi connectivity index (χ2n) is 8.18. The van der Waals surface area contributed by atoms with Crippen LogP contribution in [0.5, 0.6) is 0 Å². The largest absolute Gasteiger partial charge is 0.364 e. The summed E-state index contributed by atoms with van der Waals surface area (Å²) in [4.78, 5) is 36.3. The standard InChI is InChI=1S/C25H31N5O2/c1-3-29(4-2)14-8-16-30-15-7-12-21(25(30)32)28-24(31)19-17-27-20-11-5-9-18-10-6-13-26-23(18)22(19)20/h6-7,10,12-13,15,17,27H,3-5,8-9,11,14,16H2,1-2H3,(H,28,31). The number of hydrogen-bond acceptors (Lipinski definition) is 4. The fraction of sp³-hybridized carbons (Fsp3) is 0.400. The van der Waals surface area contributed by atoms with Gasteiger partial charge in [0.25, 0.3) is 11.5 Å². The molecule has 3 heterocycles. The van der Waals surface area contributed by atoms with Gasteiger partial charge in [-0.05, 0) is 69.1 Å². The van der Waals surface area contributed by atoms with Crippen molar-refractivity contribution in [1.29, 1.82) is 0 Å². The molecule has 0 atom stereocenters. The van der Waals surface area contributed by atoms with Crippen molar-refractivity contribution in [1.82, 2.24) is 19.4 Å². The number of nitrogens with zero attached hydrogens (tertiary/aromatic N) is 3. The summed E-state index contributed by atoms with van der Waals surface area (Å²) in [7, 11) is 0. The number of H-pyrrole nitrogens is 1. The van der Waals surface area contributed by atoms with Crippen LogP contribution in [0.2, 0.25) is 0 Å². The molecule has 1 aliphatic carbocycles. The lowest BCUT2D eigenvalue weighted by molar-refractivity contribution is 0.102. The first kappa shape index (κ1) is 22.0. The van der Waals surface area contributed by atoms with Gasteiger partial charge in [0.05, 0.1) is 11.3 Å². The number of aromatic nitrogens is 3. The third kappa shape index (κ3) is 4.53. The van der Waals surface area contributed by atoms with Gasteiger partial charge in [-0.1, -0.05) is 19.9 Å². The van der Waals surface area contributed by atoms with E-state index in [0.29, 0.717) is 17.8 Å². The van der Waals surface area contributed by atoms with Crippen LogP contribution in [0.4, 0.5) is 5.69 Å². The predicted octanol–water partition coefficient (Wildman–Crippen LogP) is 3.71. The normalized spacial score (nSPS) is 12.8. The first-order valence-electron chi connectivity index (χ1n) is 11.5. The first-order valence-corrected chi connectivity index (χ1v) is 11.5. The Hall–Kier alpha value is -3.19. The number of aromatic amines is 1. The molecule has 0 bridgehead atoms. The maximum Gasteiger partial charge on any atom is 0.274 e. The smallest absolute Gasteiger partial charge is 0.274 e. The Morgan fingerprint density at radius 2 is 2.06 bits per heavy atom. The van der Waals surface area contributed by atoms with Gasteiger partial charge in [-0.2, -0.15) is 0 Å². The molecule has 0 aromatic carbocycles. The minimum absolute atomic E-state index is 0.180. The van der Waals surface area contributed by atoms with Crippen molar-refractivity contribution in [3.05, 3.63) is 70.0 Å². The zero-order valence-corrected chi connectivity index (χ0v) is 18.9. The number of carbonyl (C=O) groups is 1. The molecule has 1 aliphatic rings. The molecule has 2 N–H and O–H groups in total. The Bertz CT molecular complexity index is 1140. The number of nitrogens with one attached hydrogen (secondary N) is 2. The van der Waals surface area contributed by atoms with Crippen molar-refractivity contribution in [2.24, 2.45) is 0 Å². The molecule has 0 aliphatic heterocycles. The average Bonchev–Trinajstić information content (AvgIpc) is 3.14. The van der Waals surface area contributed by atoms with Gasteiger partial charge in [0.15, 0.2) is 0 Å². The summed E-state index contributed by atoms with van der Waals surface area (Å²) in [5.74, 6) is -0.293. The van der Waals surface area contributed by atoms with Gasteiger partial charge in [-0.25, -0.2) is 0 Å². The molecule has 3 aromatic rings. The molecule has 4 rings (SSSR count). The van der Waals surface area contributed by atoms with Crippen molar-refractivity contribution in [2.45, 2.75) is 46.1 Å². The number of hydrogen-bond donors (Lipinski definition) is 2. The molecule has 1 amide bonds. The summed E-state index contributed by atoms with van der Waals surface area (Å²) >= 11 is 0. The van der Waals surface area contributed by atoms with Crippen LogP contribution in [0.3, 0.4) is 0 Å². The van der Waals surface area contributed by atoms with Gasteiger partial charge >= 0.3 is 0 Å². The van der Waals surface area contributed by atoms with E-state index in [4.69, 9.17) is 0 Å². The van der Waals surface area contributed by atoms with Crippen LogP contribution in [0.25, 0.3) is 11.3 Å². The predicted molar refractivity (Wildman–Crippen MR) is 127 cm³/mol. The van der Waals surface area contributed by atoms with Crippen LogP contribution in [-0.4, -0.2) is 45.0 Å². The number of carbonyl (C=O) groups excluding carboxylic acids is 1. The lowest BCUT2D eigenvalue weighted by Gasteiger charge is -2.18. The van der Waals surface area contributed by atoms with Crippen molar-refractivity contribution in [2.75, 3.05) is 25.0 Å². The van der Waals surface area contributed by atoms with E-state index in [1.165, 1.54) is 0 Å². The molecule has 0 radical (unpaired) electrons. The highest BCUT2D eigenvalue weighted by Gasteiger charge is 2.24. The van der Waals surface area contributed by atoms with Gasteiger partial charge in [-0.15, -0.1) is 0 Å². The Labute approximate surface area is 188 Å². The summed E-state index contributed by atoms with van der Waals surface area (Å²) in [5.41, 5.74) is 4.52. The highest BCUT2D eigenvalue weighted by atomic mass is 16.2. The average molecular weight is 434 g/mol. The molecule has 168 valence electrons. The number of amides is 1. The quantitative estimate of drug-likeness (QED) is 0.567. The van der Waals surface area contributed by atoms with Crippen LogP contribution < -0.4 is 10.9 Å². The second kappa shape index (κ2) is 9.96. The lowest BCUT2D eigenvalue weighted by atomic mass is 10.0. The Balaban J connectivity index is 1.54. The zero-order chi connectivity index (χ0) is 22.5. The van der Waals surface area contributed by atoms with E-state index in [2.05, 4.69) is 40.1 Å². The van der Waals surface area contributed by atoms with E-state index in [1.807, 2.05) is 12.1 Å². The number of rotatable bonds is 8. The van der Waals surface area contributed by atoms with Crippen LogP contribution in [0.1, 0.15) is 48.3 Å². The molecule has 0 saturated heterocycles. The van der Waals surface area contributed by atoms with E-state index >= 15 is 0 Å². The van der Waals surface area contributed by atoms with E-state index in [1.54, 1.807) is 29.2 Å². The molecule has 32 heavy (non-hydrogen) atoms. The minimum Gasteiger partial charge on any atom is -0.364 e. The third-order valence-electron chi connectivity index (χ3n) is 6.24. The molecule has 0 fully saturated rings. The fourth-order valence-electron chi connectivity index (χ4n) is 4.44. The van der Waals surface area contributed by atoms with E-state index < -0.39 is 0 Å². The van der Waals surface area contributed by atoms with Crippen molar-refractivity contribution < 1.29 is 4.79 Å². The van der Waals surface area contributed by atoms with Gasteiger partial charge in [0.1, 0.15) is 5.69 Å². The van der Waals surface area contributed by atoms with Crippen LogP contribution in [-0.2, 0) is 19.4 Å². The first-order chi connectivity index (χ1) is 15.6. The molecular weight excluding hydrogens is 402 g/mol. The number of aryl methyl sites for hydroxylation is 3. The second-order valence-corrected chi connectivity index (χ2v) is 8.18. The summed E-state index contributed by atoms with van der Waals surface area (Å²) in [5, 5.41) is 2.85. The summed E-state index contributed by atoms with van der Waals surface area (Å²) in [6.45, 7) is 7.84. The minimum atomic E-state index is -0.293. The third-order valence-corrected chi connectivity index (χ3v) is 6.24. The SMILES string of the molecule is CCN(CC)CCCn1cccc(NC(=O)c2c[nH]c3c2-c2ncccc2CCC3)c1=O. The number of fused-ring (bicyclic) bond motifs is 3. The van der Waals surface area contributed by atoms with E-state index in [0.717, 1.165) is 67.8 Å². The summed E-state index contributed by atoms with van der Waals surface area (Å²) < 4.78 is 1.67. The lowest BCUT2D eigenvalue weighted by Crippen LogP contribution is -2.28. The summed E-state index contributed by atoms with van der Waals surface area (Å²) in [6, 6.07) is 7.48. The van der Waals surface area contributed by atoms with Gasteiger partial charge in [0.2, 0.25) is 0 Å². The molecule has 7 heteroatoms. The molecule has 7 nitrogen and oxygen atoms in total. The van der Waals surface area contributed by atoms with Crippen LogP contribution >= 0.6 is 0 Å². The fourth-order valence-corrected chi connectivity index (χ4v) is 4.44. The maximum absolute atomic E-state index is 13.2. The Morgan fingerprint density at radius 3 is 2.88 bits per heavy atom. The highest BCUT2D eigenvalue weighted by Crippen LogP contribution is 2.33. The molecule has 0 spiro atoms. The molecule has 0 saturated carbocycles. The Kier molecular flexibility index (Phi) is 6.85. The van der Waals surface area contributed by atoms with Gasteiger partial charge < -0.3 is 19.8 Å². The van der Waals surface area contributed by atoms with E-state index in [9.17, 15) is 9.59 Å². The van der Waals surface area contributed by atoms with Crippen LogP contribution in [0, 0.1) is 0 Å². The van der Waals surface area contributed by atoms with Crippen molar-refractivity contribution >= 4 is 11.6 Å². The van der Waals surface area contributed by atoms with Crippen LogP contribution in [0.15, 0.2) is 47.7 Å². The maximum atomic E-state index is 13.2. The van der Waals surface area contributed by atoms with Crippen molar-refractivity contribution in [3.63, 3.8) is 0 Å². The highest BCUT2D eigenvalue weighted by molar-refractivity contribution is 6.09. The van der Waals surface area contributed by atoms with Crippen molar-refractivity contribution in [3.8, 4) is 11.3 Å². The van der Waals surface area contributed by atoms with E-state index in [-0.39, 0.29) is 11.5 Å². The molecular formula is C25H31N5O2. The number of anilines is 1. The number of pyridine rings is 2. The topological polar surface area (TPSA) is 83.0 Å². The Morgan fingerprint density at radius 1 is 1.22 bits per heavy atom. The monoisotopic (exact) mass is 433 g/mol. The zero-order valence-electron chi connectivity index (χ0n) is 18.9. The van der Waals surface area contributed by atoms with Gasteiger partial charge in [0, 0.05) is 36.4 Å². The van der Waals surface area contributed by atoms with Gasteiger partial charge in [-0.3, -0.25) is 14.6 Å². The molecule has 0 unspecified atom stereocenters. The summed E-state index contributed by atoms with van der Waals surface area (Å²) in [6.07, 6.45) is 8.96. The molecule has 3 aromatic heterocycles.